The maximum absolute atomic E-state index is 13.0. The second-order valence-corrected chi connectivity index (χ2v) is 5.95. The molecule has 0 amide bonds. The highest BCUT2D eigenvalue weighted by molar-refractivity contribution is 6.21. The van der Waals surface area contributed by atoms with Gasteiger partial charge >= 0.3 is 6.18 Å². The molecule has 1 aromatic heterocycles. The predicted molar refractivity (Wildman–Crippen MR) is 94.1 cm³/mol. The molecular formula is C21H12F3NO. The van der Waals surface area contributed by atoms with Crippen molar-refractivity contribution in [3.63, 3.8) is 0 Å². The maximum atomic E-state index is 13.0. The molecule has 5 heteroatoms. The third kappa shape index (κ3) is 2.71. The van der Waals surface area contributed by atoms with Crippen molar-refractivity contribution in [3.05, 3.63) is 89.6 Å². The molecule has 0 saturated carbocycles. The van der Waals surface area contributed by atoms with Crippen molar-refractivity contribution in [1.82, 2.24) is 4.98 Å². The van der Waals surface area contributed by atoms with Gasteiger partial charge in [0.05, 0.1) is 11.1 Å². The number of benzene rings is 3. The topological polar surface area (TPSA) is 30.0 Å². The second-order valence-electron chi connectivity index (χ2n) is 5.95. The van der Waals surface area contributed by atoms with Crippen molar-refractivity contribution in [1.29, 1.82) is 0 Å². The number of fused-ring (bicyclic) bond motifs is 3. The molecule has 0 atom stereocenters. The number of aromatic nitrogens is 1. The number of nitrogens with zero attached hydrogens (tertiary/aromatic N) is 1. The molecule has 128 valence electrons. The van der Waals surface area contributed by atoms with E-state index in [9.17, 15) is 18.0 Å². The van der Waals surface area contributed by atoms with Crippen LogP contribution >= 0.6 is 0 Å². The van der Waals surface area contributed by atoms with Crippen molar-refractivity contribution >= 4 is 27.5 Å². The molecule has 3 aromatic carbocycles. The second kappa shape index (κ2) is 5.95. The summed E-state index contributed by atoms with van der Waals surface area (Å²) >= 11 is 0. The Morgan fingerprint density at radius 1 is 0.808 bits per heavy atom. The van der Waals surface area contributed by atoms with Crippen molar-refractivity contribution in [2.75, 3.05) is 0 Å². The van der Waals surface area contributed by atoms with Crippen LogP contribution in [0.2, 0.25) is 0 Å². The summed E-state index contributed by atoms with van der Waals surface area (Å²) in [5.41, 5.74) is 0.546. The van der Waals surface area contributed by atoms with Crippen LogP contribution in [0.4, 0.5) is 13.2 Å². The lowest BCUT2D eigenvalue weighted by Crippen LogP contribution is -2.07. The smallest absolute Gasteiger partial charge is 0.289 e. The Balaban J connectivity index is 1.88. The van der Waals surface area contributed by atoms with E-state index in [2.05, 4.69) is 4.98 Å². The number of hydrogen-bond acceptors (Lipinski definition) is 2. The summed E-state index contributed by atoms with van der Waals surface area (Å²) < 4.78 is 38.2. The van der Waals surface area contributed by atoms with Gasteiger partial charge < -0.3 is 0 Å². The van der Waals surface area contributed by atoms with Gasteiger partial charge in [-0.2, -0.15) is 13.2 Å². The molecule has 0 radical (unpaired) electrons. The third-order valence-corrected chi connectivity index (χ3v) is 4.33. The van der Waals surface area contributed by atoms with E-state index in [1.165, 1.54) is 12.1 Å². The molecule has 0 fully saturated rings. The van der Waals surface area contributed by atoms with Gasteiger partial charge in [0.1, 0.15) is 0 Å². The number of rotatable bonds is 2. The predicted octanol–water partition coefficient (Wildman–Crippen LogP) is 5.64. The zero-order valence-electron chi connectivity index (χ0n) is 13.4. The van der Waals surface area contributed by atoms with Gasteiger partial charge in [0.25, 0.3) is 0 Å². The summed E-state index contributed by atoms with van der Waals surface area (Å²) in [5, 5.41) is 2.46. The maximum Gasteiger partial charge on any atom is 0.416 e. The Kier molecular flexibility index (Phi) is 3.72. The van der Waals surface area contributed by atoms with Crippen LogP contribution in [0.3, 0.4) is 0 Å². The van der Waals surface area contributed by atoms with Gasteiger partial charge in [0, 0.05) is 28.1 Å². The first-order chi connectivity index (χ1) is 12.4. The molecule has 26 heavy (non-hydrogen) atoms. The van der Waals surface area contributed by atoms with Crippen molar-refractivity contribution in [2.24, 2.45) is 0 Å². The molecule has 2 nitrogen and oxygen atoms in total. The quantitative estimate of drug-likeness (QED) is 0.346. The number of alkyl halides is 3. The number of ketones is 1. The molecule has 0 aliphatic carbocycles. The first kappa shape index (κ1) is 16.3. The summed E-state index contributed by atoms with van der Waals surface area (Å²) in [6, 6.07) is 17.1. The summed E-state index contributed by atoms with van der Waals surface area (Å²) in [6.07, 6.45) is -2.78. The molecule has 1 heterocycles. The minimum Gasteiger partial charge on any atom is -0.289 e. The zero-order valence-corrected chi connectivity index (χ0v) is 13.4. The van der Waals surface area contributed by atoms with E-state index in [-0.39, 0.29) is 11.3 Å². The minimum absolute atomic E-state index is 0.207. The van der Waals surface area contributed by atoms with E-state index >= 15 is 0 Å². The Hall–Kier alpha value is -3.21. The number of hydrogen-bond donors (Lipinski definition) is 0. The monoisotopic (exact) mass is 351 g/mol. The Morgan fingerprint density at radius 3 is 2.23 bits per heavy atom. The lowest BCUT2D eigenvalue weighted by Gasteiger charge is -2.10. The highest BCUT2D eigenvalue weighted by Crippen LogP contribution is 2.31. The summed E-state index contributed by atoms with van der Waals surface area (Å²) in [4.78, 5) is 17.3. The van der Waals surface area contributed by atoms with Crippen LogP contribution in [0.5, 0.6) is 0 Å². The lowest BCUT2D eigenvalue weighted by atomic mass is 9.95. The van der Waals surface area contributed by atoms with Crippen LogP contribution in [0.25, 0.3) is 21.7 Å². The number of carbonyl (C=O) groups is 1. The molecule has 0 unspecified atom stereocenters. The molecule has 0 spiro atoms. The largest absolute Gasteiger partial charge is 0.416 e. The van der Waals surface area contributed by atoms with Crippen molar-refractivity contribution < 1.29 is 18.0 Å². The Morgan fingerprint density at radius 2 is 1.50 bits per heavy atom. The molecule has 4 rings (SSSR count). The number of carbonyl (C=O) groups excluding carboxylic acids is 1. The number of halogens is 3. The van der Waals surface area contributed by atoms with E-state index in [0.29, 0.717) is 16.5 Å². The zero-order chi connectivity index (χ0) is 18.3. The van der Waals surface area contributed by atoms with Gasteiger partial charge in [-0.1, -0.05) is 48.5 Å². The Labute approximate surface area is 146 Å². The van der Waals surface area contributed by atoms with Gasteiger partial charge in [-0.05, 0) is 23.6 Å². The minimum atomic E-state index is -4.43. The third-order valence-electron chi connectivity index (χ3n) is 4.33. The first-order valence-corrected chi connectivity index (χ1v) is 7.93. The van der Waals surface area contributed by atoms with Crippen LogP contribution in [0.15, 0.2) is 72.9 Å². The highest BCUT2D eigenvalue weighted by Gasteiger charge is 2.30. The first-order valence-electron chi connectivity index (χ1n) is 7.93. The van der Waals surface area contributed by atoms with Gasteiger partial charge in [-0.3, -0.25) is 9.78 Å². The van der Waals surface area contributed by atoms with Gasteiger partial charge in [-0.15, -0.1) is 0 Å². The molecular weight excluding hydrogens is 339 g/mol. The summed E-state index contributed by atoms with van der Waals surface area (Å²) in [5.74, 6) is -0.331. The lowest BCUT2D eigenvalue weighted by molar-refractivity contribution is -0.137. The van der Waals surface area contributed by atoms with Crippen LogP contribution in [-0.4, -0.2) is 10.8 Å². The average molecular weight is 351 g/mol. The average Bonchev–Trinajstić information content (AvgIpc) is 2.66. The molecule has 0 N–H and O–H groups in total. The molecule has 0 aliphatic rings. The van der Waals surface area contributed by atoms with E-state index in [0.717, 1.165) is 22.9 Å². The van der Waals surface area contributed by atoms with E-state index in [1.807, 2.05) is 30.3 Å². The van der Waals surface area contributed by atoms with Crippen LogP contribution in [0.1, 0.15) is 21.5 Å². The molecule has 0 saturated heterocycles. The molecule has 0 bridgehead atoms. The van der Waals surface area contributed by atoms with Crippen molar-refractivity contribution in [2.45, 2.75) is 6.18 Å². The van der Waals surface area contributed by atoms with Gasteiger partial charge in [0.2, 0.25) is 0 Å². The fraction of sp³-hybridized carbons (Fsp3) is 0.0476. The van der Waals surface area contributed by atoms with Crippen LogP contribution in [-0.2, 0) is 6.18 Å². The van der Waals surface area contributed by atoms with E-state index < -0.39 is 11.7 Å². The van der Waals surface area contributed by atoms with E-state index in [4.69, 9.17) is 0 Å². The Bertz CT molecular complexity index is 1130. The highest BCUT2D eigenvalue weighted by atomic mass is 19.4. The van der Waals surface area contributed by atoms with Crippen LogP contribution in [0, 0.1) is 0 Å². The standard InChI is InChI=1S/C21H12F3NO/c22-21(23,24)16-10-8-15(9-11-16)20(26)17-5-1-3-13-6-7-14-4-2-12-25-19(14)18(13)17/h1-12H. The number of pyridine rings is 1. The van der Waals surface area contributed by atoms with Gasteiger partial charge in [0.15, 0.2) is 5.78 Å². The van der Waals surface area contributed by atoms with E-state index in [1.54, 1.807) is 18.3 Å². The normalized spacial score (nSPS) is 11.8. The van der Waals surface area contributed by atoms with Crippen molar-refractivity contribution in [3.8, 4) is 0 Å². The summed E-state index contributed by atoms with van der Waals surface area (Å²) in [6.45, 7) is 0. The van der Waals surface area contributed by atoms with Crippen LogP contribution < -0.4 is 0 Å². The summed E-state index contributed by atoms with van der Waals surface area (Å²) in [7, 11) is 0. The SMILES string of the molecule is O=C(c1ccc(C(F)(F)F)cc1)c1cccc2ccc3cccnc3c12. The molecule has 0 aliphatic heterocycles. The molecule has 4 aromatic rings. The fourth-order valence-electron chi connectivity index (χ4n) is 3.07. The van der Waals surface area contributed by atoms with Gasteiger partial charge in [-0.25, -0.2) is 0 Å². The fourth-order valence-corrected chi connectivity index (χ4v) is 3.07.